The van der Waals surface area contributed by atoms with Crippen molar-refractivity contribution < 1.29 is 4.74 Å². The van der Waals surface area contributed by atoms with Crippen molar-refractivity contribution in [3.63, 3.8) is 0 Å². The maximum atomic E-state index is 7.67. The highest BCUT2D eigenvalue weighted by Crippen LogP contribution is 2.13. The summed E-state index contributed by atoms with van der Waals surface area (Å²) in [6.07, 6.45) is 3.46. The highest BCUT2D eigenvalue weighted by atomic mass is 16.5. The molecule has 0 spiro atoms. The third-order valence-electron chi connectivity index (χ3n) is 2.43. The fourth-order valence-corrected chi connectivity index (χ4v) is 1.60. The van der Waals surface area contributed by atoms with Crippen molar-refractivity contribution in [3.8, 4) is 0 Å². The lowest BCUT2D eigenvalue weighted by Crippen LogP contribution is -2.42. The van der Waals surface area contributed by atoms with Crippen molar-refractivity contribution >= 4 is 5.84 Å². The second kappa shape index (κ2) is 4.45. The van der Waals surface area contributed by atoms with Crippen LogP contribution in [0, 0.1) is 5.41 Å². The summed E-state index contributed by atoms with van der Waals surface area (Å²) in [6, 6.07) is 0. The molecule has 1 N–H and O–H groups in total. The fourth-order valence-electron chi connectivity index (χ4n) is 1.60. The second-order valence-electron chi connectivity index (χ2n) is 3.25. The van der Waals surface area contributed by atoms with Crippen LogP contribution in [-0.2, 0) is 4.74 Å². The third kappa shape index (κ3) is 2.21. The molecule has 1 unspecified atom stereocenters. The largest absolute Gasteiger partial charge is 0.380 e. The summed E-state index contributed by atoms with van der Waals surface area (Å²) in [5.74, 6) is 0.747. The number of likely N-dealkylation sites (tertiary alicyclic amines) is 1. The van der Waals surface area contributed by atoms with Crippen molar-refractivity contribution in [2.45, 2.75) is 32.3 Å². The van der Waals surface area contributed by atoms with Crippen LogP contribution in [0.4, 0.5) is 0 Å². The SMILES string of the molecule is CCC(=N)N1CCCC(OC)C1. The van der Waals surface area contributed by atoms with E-state index in [2.05, 4.69) is 4.90 Å². The molecule has 1 atom stereocenters. The summed E-state index contributed by atoms with van der Waals surface area (Å²) in [5.41, 5.74) is 0. The van der Waals surface area contributed by atoms with Gasteiger partial charge in [-0.25, -0.2) is 0 Å². The van der Waals surface area contributed by atoms with Crippen LogP contribution in [0.25, 0.3) is 0 Å². The molecule has 0 aromatic rings. The minimum Gasteiger partial charge on any atom is -0.380 e. The lowest BCUT2D eigenvalue weighted by atomic mass is 10.1. The molecule has 12 heavy (non-hydrogen) atoms. The first-order valence-corrected chi connectivity index (χ1v) is 4.63. The predicted molar refractivity (Wildman–Crippen MR) is 49.6 cm³/mol. The number of nitrogens with one attached hydrogen (secondary N) is 1. The third-order valence-corrected chi connectivity index (χ3v) is 2.43. The van der Waals surface area contributed by atoms with E-state index in [1.165, 1.54) is 0 Å². The molecule has 3 nitrogen and oxygen atoms in total. The van der Waals surface area contributed by atoms with E-state index in [9.17, 15) is 0 Å². The Balaban J connectivity index is 2.40. The van der Waals surface area contributed by atoms with E-state index in [0.717, 1.165) is 38.2 Å². The van der Waals surface area contributed by atoms with Crippen LogP contribution in [0.5, 0.6) is 0 Å². The molecule has 1 aliphatic heterocycles. The van der Waals surface area contributed by atoms with E-state index in [1.807, 2.05) is 6.92 Å². The topological polar surface area (TPSA) is 36.3 Å². The Morgan fingerprint density at radius 2 is 2.42 bits per heavy atom. The Kier molecular flexibility index (Phi) is 3.53. The predicted octanol–water partition coefficient (Wildman–Crippen LogP) is 1.48. The first-order valence-electron chi connectivity index (χ1n) is 4.63. The van der Waals surface area contributed by atoms with Gasteiger partial charge in [0.1, 0.15) is 0 Å². The molecule has 0 aromatic heterocycles. The van der Waals surface area contributed by atoms with Crippen molar-refractivity contribution in [3.05, 3.63) is 0 Å². The first kappa shape index (κ1) is 9.52. The highest BCUT2D eigenvalue weighted by Gasteiger charge is 2.19. The Hall–Kier alpha value is -0.570. The van der Waals surface area contributed by atoms with E-state index in [4.69, 9.17) is 10.1 Å². The summed E-state index contributed by atoms with van der Waals surface area (Å²) >= 11 is 0. The zero-order valence-electron chi connectivity index (χ0n) is 7.97. The molecular weight excluding hydrogens is 152 g/mol. The summed E-state index contributed by atoms with van der Waals surface area (Å²) in [6.45, 7) is 3.97. The van der Waals surface area contributed by atoms with Crippen molar-refractivity contribution in [1.82, 2.24) is 4.90 Å². The van der Waals surface area contributed by atoms with Crippen LogP contribution in [0.1, 0.15) is 26.2 Å². The van der Waals surface area contributed by atoms with Gasteiger partial charge in [-0.2, -0.15) is 0 Å². The second-order valence-corrected chi connectivity index (χ2v) is 3.25. The van der Waals surface area contributed by atoms with Gasteiger partial charge in [-0.3, -0.25) is 5.41 Å². The van der Waals surface area contributed by atoms with Crippen LogP contribution in [0.2, 0.25) is 0 Å². The van der Waals surface area contributed by atoms with Crippen LogP contribution >= 0.6 is 0 Å². The molecule has 0 amide bonds. The van der Waals surface area contributed by atoms with Crippen molar-refractivity contribution in [2.24, 2.45) is 0 Å². The van der Waals surface area contributed by atoms with Gasteiger partial charge in [0.15, 0.2) is 0 Å². The molecule has 0 radical (unpaired) electrons. The Morgan fingerprint density at radius 3 is 3.00 bits per heavy atom. The van der Waals surface area contributed by atoms with Gasteiger partial charge in [0, 0.05) is 26.6 Å². The monoisotopic (exact) mass is 170 g/mol. The molecule has 70 valence electrons. The fraction of sp³-hybridized carbons (Fsp3) is 0.889. The average molecular weight is 170 g/mol. The Labute approximate surface area is 74.2 Å². The lowest BCUT2D eigenvalue weighted by Gasteiger charge is -2.33. The molecule has 0 aromatic carbocycles. The van der Waals surface area contributed by atoms with Crippen LogP contribution in [0.3, 0.4) is 0 Å². The molecule has 1 heterocycles. The van der Waals surface area contributed by atoms with Crippen molar-refractivity contribution in [1.29, 1.82) is 5.41 Å². The summed E-state index contributed by atoms with van der Waals surface area (Å²) in [7, 11) is 1.75. The number of ether oxygens (including phenoxy) is 1. The number of nitrogens with zero attached hydrogens (tertiary/aromatic N) is 1. The zero-order valence-corrected chi connectivity index (χ0v) is 7.97. The van der Waals surface area contributed by atoms with Gasteiger partial charge in [0.05, 0.1) is 11.9 Å². The molecule has 1 fully saturated rings. The first-order chi connectivity index (χ1) is 5.77. The number of rotatable bonds is 2. The molecule has 0 bridgehead atoms. The Morgan fingerprint density at radius 1 is 1.67 bits per heavy atom. The van der Waals surface area contributed by atoms with E-state index in [-0.39, 0.29) is 0 Å². The van der Waals surface area contributed by atoms with E-state index in [1.54, 1.807) is 7.11 Å². The van der Waals surface area contributed by atoms with E-state index >= 15 is 0 Å². The molecular formula is C9H18N2O. The summed E-state index contributed by atoms with van der Waals surface area (Å²) < 4.78 is 5.28. The summed E-state index contributed by atoms with van der Waals surface area (Å²) in [4.78, 5) is 2.12. The van der Waals surface area contributed by atoms with E-state index in [0.29, 0.717) is 6.10 Å². The minimum absolute atomic E-state index is 0.339. The van der Waals surface area contributed by atoms with Gasteiger partial charge in [0.25, 0.3) is 0 Å². The van der Waals surface area contributed by atoms with Gasteiger partial charge in [-0.15, -0.1) is 0 Å². The smallest absolute Gasteiger partial charge is 0.0955 e. The zero-order chi connectivity index (χ0) is 8.97. The lowest BCUT2D eigenvalue weighted by molar-refractivity contribution is 0.0529. The minimum atomic E-state index is 0.339. The molecule has 0 saturated carbocycles. The number of amidine groups is 1. The standard InChI is InChI=1S/C9H18N2O/c1-3-9(10)11-6-4-5-8(7-11)12-2/h8,10H,3-7H2,1-2H3. The quantitative estimate of drug-likeness (QED) is 0.503. The highest BCUT2D eigenvalue weighted by molar-refractivity contribution is 5.78. The number of methoxy groups -OCH3 is 1. The van der Waals surface area contributed by atoms with E-state index < -0.39 is 0 Å². The number of piperidine rings is 1. The van der Waals surface area contributed by atoms with Gasteiger partial charge < -0.3 is 9.64 Å². The molecule has 1 saturated heterocycles. The maximum absolute atomic E-state index is 7.67. The van der Waals surface area contributed by atoms with Crippen molar-refractivity contribution in [2.75, 3.05) is 20.2 Å². The van der Waals surface area contributed by atoms with Crippen LogP contribution in [0.15, 0.2) is 0 Å². The average Bonchev–Trinajstić information content (AvgIpc) is 2.17. The Bertz CT molecular complexity index is 159. The van der Waals surface area contributed by atoms with Gasteiger partial charge in [0.2, 0.25) is 0 Å². The number of hydrogen-bond donors (Lipinski definition) is 1. The van der Waals surface area contributed by atoms with Gasteiger partial charge >= 0.3 is 0 Å². The van der Waals surface area contributed by atoms with Gasteiger partial charge in [-0.1, -0.05) is 6.92 Å². The normalized spacial score (nSPS) is 24.2. The van der Waals surface area contributed by atoms with Crippen LogP contribution < -0.4 is 0 Å². The van der Waals surface area contributed by atoms with Gasteiger partial charge in [-0.05, 0) is 12.8 Å². The number of hydrogen-bond acceptors (Lipinski definition) is 2. The van der Waals surface area contributed by atoms with Crippen LogP contribution in [-0.4, -0.2) is 37.0 Å². The molecule has 1 aliphatic rings. The molecule has 0 aliphatic carbocycles. The maximum Gasteiger partial charge on any atom is 0.0955 e. The molecule has 1 rings (SSSR count). The molecule has 3 heteroatoms. The summed E-state index contributed by atoms with van der Waals surface area (Å²) in [5, 5.41) is 7.67.